The molecule has 2 rings (SSSR count). The van der Waals surface area contributed by atoms with Crippen LogP contribution >= 0.6 is 39.3 Å². The summed E-state index contributed by atoms with van der Waals surface area (Å²) in [6, 6.07) is 15.4. The monoisotopic (exact) mass is 342 g/mol. The first kappa shape index (κ1) is 13.9. The summed E-state index contributed by atoms with van der Waals surface area (Å²) in [5, 5.41) is 10.8. The Kier molecular flexibility index (Phi) is 5.13. The first-order valence-corrected chi connectivity index (χ1v) is 7.63. The van der Waals surface area contributed by atoms with Crippen LogP contribution in [-0.4, -0.2) is 10.9 Å². The molecule has 0 radical (unpaired) electrons. The number of halogens is 2. The second kappa shape index (κ2) is 6.62. The van der Waals surface area contributed by atoms with Crippen LogP contribution in [0.5, 0.6) is 0 Å². The molecule has 94 valence electrons. The van der Waals surface area contributed by atoms with E-state index in [2.05, 4.69) is 15.9 Å². The number of aliphatic hydroxyl groups is 1. The minimum atomic E-state index is -0.480. The zero-order valence-corrected chi connectivity index (χ0v) is 12.7. The van der Waals surface area contributed by atoms with E-state index >= 15 is 0 Å². The number of hydrogen-bond donors (Lipinski definition) is 1. The highest BCUT2D eigenvalue weighted by Gasteiger charge is 2.08. The molecule has 0 fully saturated rings. The maximum absolute atomic E-state index is 10.1. The van der Waals surface area contributed by atoms with Gasteiger partial charge in [0.1, 0.15) is 0 Å². The summed E-state index contributed by atoms with van der Waals surface area (Å²) in [7, 11) is 0. The van der Waals surface area contributed by atoms with Crippen LogP contribution in [0.2, 0.25) is 5.02 Å². The van der Waals surface area contributed by atoms with Crippen molar-refractivity contribution in [1.29, 1.82) is 0 Å². The van der Waals surface area contributed by atoms with E-state index in [1.807, 2.05) is 48.5 Å². The number of aliphatic hydroxyl groups excluding tert-OH is 1. The van der Waals surface area contributed by atoms with Crippen molar-refractivity contribution in [1.82, 2.24) is 0 Å². The maximum Gasteiger partial charge on any atom is 0.0884 e. The Morgan fingerprint density at radius 3 is 2.67 bits per heavy atom. The smallest absolute Gasteiger partial charge is 0.0884 e. The van der Waals surface area contributed by atoms with Crippen molar-refractivity contribution in [3.8, 4) is 0 Å². The second-order valence-electron chi connectivity index (χ2n) is 3.84. The predicted molar refractivity (Wildman–Crippen MR) is 81.3 cm³/mol. The molecule has 0 saturated carbocycles. The number of thioether (sulfide) groups is 1. The van der Waals surface area contributed by atoms with E-state index in [0.29, 0.717) is 5.75 Å². The van der Waals surface area contributed by atoms with Crippen LogP contribution in [0.1, 0.15) is 11.7 Å². The van der Waals surface area contributed by atoms with Crippen LogP contribution in [0, 0.1) is 0 Å². The molecule has 0 heterocycles. The van der Waals surface area contributed by atoms with Gasteiger partial charge in [0.05, 0.1) is 6.10 Å². The molecule has 0 aliphatic heterocycles. The van der Waals surface area contributed by atoms with Crippen molar-refractivity contribution >= 4 is 39.3 Å². The molecule has 2 aromatic carbocycles. The van der Waals surface area contributed by atoms with Gasteiger partial charge < -0.3 is 5.11 Å². The van der Waals surface area contributed by atoms with Gasteiger partial charge in [-0.3, -0.25) is 0 Å². The van der Waals surface area contributed by atoms with Crippen molar-refractivity contribution < 1.29 is 5.11 Å². The van der Waals surface area contributed by atoms with Gasteiger partial charge in [-0.25, -0.2) is 0 Å². The fourth-order valence-electron chi connectivity index (χ4n) is 1.54. The summed E-state index contributed by atoms with van der Waals surface area (Å²) in [6.45, 7) is 0. The topological polar surface area (TPSA) is 20.2 Å². The lowest BCUT2D eigenvalue weighted by atomic mass is 10.1. The molecule has 1 nitrogen and oxygen atoms in total. The normalized spacial score (nSPS) is 12.4. The van der Waals surface area contributed by atoms with Gasteiger partial charge in [0.2, 0.25) is 0 Å². The van der Waals surface area contributed by atoms with Gasteiger partial charge in [0.15, 0.2) is 0 Å². The predicted octanol–water partition coefficient (Wildman–Crippen LogP) is 4.93. The molecule has 0 aliphatic rings. The summed E-state index contributed by atoms with van der Waals surface area (Å²) in [5.74, 6) is 0.608. The molecular weight excluding hydrogens is 332 g/mol. The molecule has 0 bridgehead atoms. The Hall–Kier alpha value is -0.480. The van der Waals surface area contributed by atoms with Crippen molar-refractivity contribution in [2.45, 2.75) is 11.0 Å². The SMILES string of the molecule is OC(CSc1cccc(Cl)c1)c1cccc(Br)c1. The zero-order chi connectivity index (χ0) is 13.0. The van der Waals surface area contributed by atoms with E-state index in [1.165, 1.54) is 0 Å². The number of rotatable bonds is 4. The Labute approximate surface area is 124 Å². The van der Waals surface area contributed by atoms with Crippen LogP contribution in [-0.2, 0) is 0 Å². The summed E-state index contributed by atoms with van der Waals surface area (Å²) in [5.41, 5.74) is 0.916. The first-order valence-electron chi connectivity index (χ1n) is 5.47. The highest BCUT2D eigenvalue weighted by atomic mass is 79.9. The number of benzene rings is 2. The van der Waals surface area contributed by atoms with E-state index < -0.39 is 6.10 Å². The van der Waals surface area contributed by atoms with Crippen LogP contribution < -0.4 is 0 Å². The Morgan fingerprint density at radius 1 is 1.17 bits per heavy atom. The number of hydrogen-bond acceptors (Lipinski definition) is 2. The Bertz CT molecular complexity index is 533. The van der Waals surface area contributed by atoms with Crippen molar-refractivity contribution in [2.24, 2.45) is 0 Å². The van der Waals surface area contributed by atoms with E-state index in [4.69, 9.17) is 11.6 Å². The summed E-state index contributed by atoms with van der Waals surface area (Å²) in [4.78, 5) is 1.07. The highest BCUT2D eigenvalue weighted by Crippen LogP contribution is 2.27. The lowest BCUT2D eigenvalue weighted by Gasteiger charge is -2.11. The fraction of sp³-hybridized carbons (Fsp3) is 0.143. The standard InChI is InChI=1S/C14H12BrClOS/c15-11-4-1-3-10(7-11)14(17)9-18-13-6-2-5-12(16)8-13/h1-8,14,17H,9H2. The zero-order valence-electron chi connectivity index (χ0n) is 9.51. The fourth-order valence-corrected chi connectivity index (χ4v) is 3.14. The van der Waals surface area contributed by atoms with E-state index in [-0.39, 0.29) is 0 Å². The molecule has 0 saturated heterocycles. The van der Waals surface area contributed by atoms with Gasteiger partial charge >= 0.3 is 0 Å². The molecule has 18 heavy (non-hydrogen) atoms. The van der Waals surface area contributed by atoms with Gasteiger partial charge in [-0.2, -0.15) is 0 Å². The Morgan fingerprint density at radius 2 is 1.94 bits per heavy atom. The minimum absolute atomic E-state index is 0.480. The average Bonchev–Trinajstić information content (AvgIpc) is 2.36. The minimum Gasteiger partial charge on any atom is -0.388 e. The van der Waals surface area contributed by atoms with E-state index in [1.54, 1.807) is 11.8 Å². The summed E-state index contributed by atoms with van der Waals surface area (Å²) < 4.78 is 0.979. The van der Waals surface area contributed by atoms with Crippen molar-refractivity contribution in [3.63, 3.8) is 0 Å². The molecule has 0 aromatic heterocycles. The molecule has 1 N–H and O–H groups in total. The molecule has 0 spiro atoms. The molecule has 0 aliphatic carbocycles. The van der Waals surface area contributed by atoms with Gasteiger partial charge in [-0.1, -0.05) is 45.7 Å². The molecule has 2 aromatic rings. The van der Waals surface area contributed by atoms with Crippen LogP contribution in [0.3, 0.4) is 0 Å². The molecule has 1 unspecified atom stereocenters. The second-order valence-corrected chi connectivity index (χ2v) is 6.28. The summed E-state index contributed by atoms with van der Waals surface area (Å²) in [6.07, 6.45) is -0.480. The van der Waals surface area contributed by atoms with Gasteiger partial charge in [0, 0.05) is 20.1 Å². The van der Waals surface area contributed by atoms with Gasteiger partial charge in [0.25, 0.3) is 0 Å². The average molecular weight is 344 g/mol. The highest BCUT2D eigenvalue weighted by molar-refractivity contribution is 9.10. The third-order valence-corrected chi connectivity index (χ3v) is 4.24. The van der Waals surface area contributed by atoms with E-state index in [0.717, 1.165) is 20.0 Å². The van der Waals surface area contributed by atoms with Crippen LogP contribution in [0.4, 0.5) is 0 Å². The van der Waals surface area contributed by atoms with Gasteiger partial charge in [-0.15, -0.1) is 11.8 Å². The van der Waals surface area contributed by atoms with Crippen LogP contribution in [0.25, 0.3) is 0 Å². The van der Waals surface area contributed by atoms with Crippen LogP contribution in [0.15, 0.2) is 57.9 Å². The van der Waals surface area contributed by atoms with E-state index in [9.17, 15) is 5.11 Å². The first-order chi connectivity index (χ1) is 8.65. The van der Waals surface area contributed by atoms with Gasteiger partial charge in [-0.05, 0) is 35.9 Å². The Balaban J connectivity index is 1.98. The lowest BCUT2D eigenvalue weighted by molar-refractivity contribution is 0.204. The molecule has 1 atom stereocenters. The van der Waals surface area contributed by atoms with Crippen molar-refractivity contribution in [2.75, 3.05) is 5.75 Å². The van der Waals surface area contributed by atoms with Crippen molar-refractivity contribution in [3.05, 3.63) is 63.6 Å². The molecule has 4 heteroatoms. The third kappa shape index (κ3) is 4.02. The maximum atomic E-state index is 10.1. The molecule has 0 amide bonds. The largest absolute Gasteiger partial charge is 0.388 e. The summed E-state index contributed by atoms with van der Waals surface area (Å²) >= 11 is 10.9. The third-order valence-electron chi connectivity index (χ3n) is 2.44. The molecular formula is C14H12BrClOS. The lowest BCUT2D eigenvalue weighted by Crippen LogP contribution is -2.00. The quantitative estimate of drug-likeness (QED) is 0.794.